The van der Waals surface area contributed by atoms with Crippen molar-refractivity contribution in [3.63, 3.8) is 0 Å². The normalized spacial score (nSPS) is 14.1. The van der Waals surface area contributed by atoms with Crippen LogP contribution in [0.5, 0.6) is 0 Å². The largest absolute Gasteiger partial charge is 2.00 e. The molecular formula is C23H24Cl2Zr. The van der Waals surface area contributed by atoms with Crippen LogP contribution in [-0.4, -0.2) is 0 Å². The fourth-order valence-corrected chi connectivity index (χ4v) is 3.99. The molecule has 0 saturated carbocycles. The third kappa shape index (κ3) is 4.27. The van der Waals surface area contributed by atoms with Crippen LogP contribution in [0.2, 0.25) is 0 Å². The summed E-state index contributed by atoms with van der Waals surface area (Å²) in [5.74, 6) is 0.559. The summed E-state index contributed by atoms with van der Waals surface area (Å²) < 4.78 is 0. The number of allylic oxidation sites excluding steroid dienone is 4. The Morgan fingerprint density at radius 2 is 1.58 bits per heavy atom. The van der Waals surface area contributed by atoms with Gasteiger partial charge in [0.05, 0.1) is 0 Å². The van der Waals surface area contributed by atoms with Crippen molar-refractivity contribution in [2.45, 2.75) is 39.0 Å². The molecule has 0 heterocycles. The monoisotopic (exact) mass is 460 g/mol. The second-order valence-electron chi connectivity index (χ2n) is 7.85. The van der Waals surface area contributed by atoms with Gasteiger partial charge in [-0.15, -0.1) is 0 Å². The Hall–Kier alpha value is -0.617. The molecule has 0 saturated heterocycles. The van der Waals surface area contributed by atoms with Gasteiger partial charge in [-0.25, -0.2) is 0 Å². The molecular weight excluding hydrogens is 438 g/mol. The van der Waals surface area contributed by atoms with Crippen LogP contribution in [0.25, 0.3) is 11.1 Å². The molecule has 0 aliphatic heterocycles. The molecule has 0 amide bonds. The molecule has 0 unspecified atom stereocenters. The van der Waals surface area contributed by atoms with E-state index in [1.54, 1.807) is 5.56 Å². The van der Waals surface area contributed by atoms with Crippen molar-refractivity contribution < 1.29 is 51.0 Å². The summed E-state index contributed by atoms with van der Waals surface area (Å²) in [6.45, 7) is 6.98. The van der Waals surface area contributed by atoms with Crippen molar-refractivity contribution in [3.8, 4) is 11.1 Å². The first-order valence-electron chi connectivity index (χ1n) is 8.62. The molecule has 26 heavy (non-hydrogen) atoms. The van der Waals surface area contributed by atoms with E-state index in [0.29, 0.717) is 5.92 Å². The molecule has 0 nitrogen and oxygen atoms in total. The van der Waals surface area contributed by atoms with E-state index < -0.39 is 0 Å². The summed E-state index contributed by atoms with van der Waals surface area (Å²) in [7, 11) is 0. The van der Waals surface area contributed by atoms with Crippen molar-refractivity contribution in [2.75, 3.05) is 0 Å². The maximum atomic E-state index is 2.38. The molecule has 2 aromatic carbocycles. The number of halogens is 2. The molecule has 0 aromatic heterocycles. The third-order valence-electron chi connectivity index (χ3n) is 5.16. The van der Waals surface area contributed by atoms with E-state index in [0.717, 1.165) is 12.8 Å². The summed E-state index contributed by atoms with van der Waals surface area (Å²) in [6.07, 6.45) is 11.2. The second-order valence-corrected chi connectivity index (χ2v) is 7.85. The van der Waals surface area contributed by atoms with Gasteiger partial charge in [0.15, 0.2) is 0 Å². The smallest absolute Gasteiger partial charge is 1.00 e. The van der Waals surface area contributed by atoms with Gasteiger partial charge in [-0.05, 0) is 57.6 Å². The van der Waals surface area contributed by atoms with E-state index in [-0.39, 0.29) is 56.4 Å². The van der Waals surface area contributed by atoms with E-state index in [1.807, 2.05) is 0 Å². The van der Waals surface area contributed by atoms with Crippen LogP contribution in [0.4, 0.5) is 0 Å². The molecule has 0 N–H and O–H groups in total. The van der Waals surface area contributed by atoms with Crippen LogP contribution in [0, 0.1) is 5.92 Å². The molecule has 0 radical (unpaired) electrons. The summed E-state index contributed by atoms with van der Waals surface area (Å²) in [6, 6.07) is 13.7. The van der Waals surface area contributed by atoms with Gasteiger partial charge in [-0.1, -0.05) is 81.5 Å². The van der Waals surface area contributed by atoms with Crippen LogP contribution >= 0.6 is 0 Å². The van der Waals surface area contributed by atoms with Gasteiger partial charge in [0.25, 0.3) is 0 Å². The first-order valence-corrected chi connectivity index (χ1v) is 8.62. The van der Waals surface area contributed by atoms with Crippen LogP contribution in [0.3, 0.4) is 0 Å². The number of hydrogen-bond donors (Lipinski definition) is 0. The minimum absolute atomic E-state index is 0. The fraction of sp³-hybridized carbons (Fsp3) is 0.304. The van der Waals surface area contributed by atoms with Crippen molar-refractivity contribution in [1.82, 2.24) is 0 Å². The van der Waals surface area contributed by atoms with Crippen molar-refractivity contribution >= 4 is 0 Å². The van der Waals surface area contributed by atoms with Crippen LogP contribution in [0.15, 0.2) is 60.7 Å². The Bertz CT molecular complexity index is 817. The van der Waals surface area contributed by atoms with E-state index in [9.17, 15) is 0 Å². The van der Waals surface area contributed by atoms with Gasteiger partial charge in [0.2, 0.25) is 0 Å². The van der Waals surface area contributed by atoms with Gasteiger partial charge in [0.1, 0.15) is 0 Å². The van der Waals surface area contributed by atoms with Gasteiger partial charge in [-0.2, -0.15) is 0 Å². The zero-order valence-corrected chi connectivity index (χ0v) is 19.5. The molecule has 0 atom stereocenters. The molecule has 0 spiro atoms. The molecule has 0 fully saturated rings. The Morgan fingerprint density at radius 1 is 0.923 bits per heavy atom. The zero-order valence-electron chi connectivity index (χ0n) is 15.5. The molecule has 2 aliphatic rings. The standard InChI is InChI=1S/C23H24.2ClH.Zr/c1-23(2,3)21-13-12-18(14-16-8-4-5-9-16)20-15-17-10-6-7-11-19(17)22(20)21;;;/h4-13,16H,14-15H2,1-3H3;2*1H;/q;;;+2/p-2. The van der Waals surface area contributed by atoms with Gasteiger partial charge in [0, 0.05) is 0 Å². The average Bonchev–Trinajstić information content (AvgIpc) is 3.13. The Morgan fingerprint density at radius 3 is 2.23 bits per heavy atom. The number of fused-ring (bicyclic) bond motifs is 3. The zero-order chi connectivity index (χ0) is 16.0. The predicted molar refractivity (Wildman–Crippen MR) is 98.9 cm³/mol. The van der Waals surface area contributed by atoms with E-state index in [4.69, 9.17) is 0 Å². The number of rotatable bonds is 2. The molecule has 0 bridgehead atoms. The number of benzene rings is 2. The van der Waals surface area contributed by atoms with Crippen LogP contribution in [0.1, 0.15) is 43.0 Å². The third-order valence-corrected chi connectivity index (χ3v) is 5.16. The molecule has 134 valence electrons. The maximum Gasteiger partial charge on any atom is 2.00 e. The number of hydrogen-bond acceptors (Lipinski definition) is 0. The van der Waals surface area contributed by atoms with Crippen molar-refractivity contribution in [3.05, 3.63) is 83.0 Å². The summed E-state index contributed by atoms with van der Waals surface area (Å²) >= 11 is 0. The van der Waals surface area contributed by atoms with E-state index >= 15 is 0 Å². The van der Waals surface area contributed by atoms with E-state index in [2.05, 4.69) is 81.5 Å². The van der Waals surface area contributed by atoms with Gasteiger partial charge < -0.3 is 24.8 Å². The quantitative estimate of drug-likeness (QED) is 0.497. The SMILES string of the molecule is CC(C)(C)c1ccc(CC2C=CC=C2)c2c1-c1ccccc1C2.[Cl-].[Cl-].[Zr+2]. The molecule has 4 rings (SSSR count). The Balaban J connectivity index is 0.00000113. The minimum Gasteiger partial charge on any atom is -1.00 e. The summed E-state index contributed by atoms with van der Waals surface area (Å²) in [5.41, 5.74) is 9.19. The van der Waals surface area contributed by atoms with Crippen molar-refractivity contribution in [2.24, 2.45) is 5.92 Å². The second kappa shape index (κ2) is 9.05. The van der Waals surface area contributed by atoms with Crippen molar-refractivity contribution in [1.29, 1.82) is 0 Å². The van der Waals surface area contributed by atoms with Crippen LogP contribution in [-0.2, 0) is 44.5 Å². The average molecular weight is 463 g/mol. The Kier molecular flexibility index (Phi) is 8.15. The summed E-state index contributed by atoms with van der Waals surface area (Å²) in [4.78, 5) is 0. The van der Waals surface area contributed by atoms with Gasteiger partial charge in [-0.3, -0.25) is 0 Å². The topological polar surface area (TPSA) is 0 Å². The molecule has 2 aliphatic carbocycles. The maximum absolute atomic E-state index is 2.38. The molecule has 2 aromatic rings. The van der Waals surface area contributed by atoms with Gasteiger partial charge >= 0.3 is 26.2 Å². The van der Waals surface area contributed by atoms with Crippen LogP contribution < -0.4 is 24.8 Å². The molecule has 3 heteroatoms. The first-order chi connectivity index (χ1) is 11.0. The van der Waals surface area contributed by atoms with E-state index in [1.165, 1.54) is 27.8 Å². The fourth-order valence-electron chi connectivity index (χ4n) is 3.99. The minimum atomic E-state index is 0. The summed E-state index contributed by atoms with van der Waals surface area (Å²) in [5, 5.41) is 0. The first kappa shape index (κ1) is 23.4. The predicted octanol–water partition coefficient (Wildman–Crippen LogP) is -0.154. The Labute approximate surface area is 189 Å².